The second-order valence-electron chi connectivity index (χ2n) is 6.25. The number of aromatic amines is 1. The third-order valence-corrected chi connectivity index (χ3v) is 4.66. The lowest BCUT2D eigenvalue weighted by Gasteiger charge is -2.19. The predicted octanol–water partition coefficient (Wildman–Crippen LogP) is 1.90. The summed E-state index contributed by atoms with van der Waals surface area (Å²) in [6.07, 6.45) is 0.299. The number of nitrogens with one attached hydrogen (secondary N) is 1. The van der Waals surface area contributed by atoms with E-state index >= 15 is 0 Å². The second kappa shape index (κ2) is 10.4. The molecule has 1 aromatic heterocycles. The van der Waals surface area contributed by atoms with E-state index in [4.69, 9.17) is 37.4 Å². The molecule has 12 heteroatoms. The van der Waals surface area contributed by atoms with Crippen molar-refractivity contribution in [3.63, 3.8) is 0 Å². The van der Waals surface area contributed by atoms with Crippen LogP contribution in [0.15, 0.2) is 20.8 Å². The van der Waals surface area contributed by atoms with Crippen molar-refractivity contribution in [2.24, 2.45) is 0 Å². The van der Waals surface area contributed by atoms with Crippen LogP contribution in [-0.4, -0.2) is 51.1 Å². The fourth-order valence-electron chi connectivity index (χ4n) is 2.57. The lowest BCUT2D eigenvalue weighted by atomic mass is 10.2. The Hall–Kier alpha value is -1.62. The summed E-state index contributed by atoms with van der Waals surface area (Å²) in [7, 11) is 0. The summed E-state index contributed by atoms with van der Waals surface area (Å²) in [6.45, 7) is 2.66. The minimum absolute atomic E-state index is 0.0808. The van der Waals surface area contributed by atoms with E-state index in [-0.39, 0.29) is 18.6 Å². The summed E-state index contributed by atoms with van der Waals surface area (Å²) in [5, 5.41) is -1.76. The van der Waals surface area contributed by atoms with Crippen molar-refractivity contribution in [3.05, 3.63) is 37.6 Å². The van der Waals surface area contributed by atoms with E-state index < -0.39 is 52.4 Å². The third kappa shape index (κ3) is 6.18. The molecule has 1 N–H and O–H groups in total. The normalized spacial score (nSPS) is 23.7. The molecule has 9 nitrogen and oxygen atoms in total. The number of hydrogen-bond donors (Lipinski definition) is 1. The highest BCUT2D eigenvalue weighted by molar-refractivity contribution is 9.11. The summed E-state index contributed by atoms with van der Waals surface area (Å²) >= 11 is 14.5. The van der Waals surface area contributed by atoms with Crippen molar-refractivity contribution < 1.29 is 23.8 Å². The molecule has 2 heterocycles. The number of carbonyl (C=O) groups is 2. The molecule has 5 atom stereocenters. The molecule has 0 aromatic carbocycles. The molecule has 1 fully saturated rings. The zero-order valence-electron chi connectivity index (χ0n) is 15.5. The molecule has 1 aliphatic heterocycles. The number of alkyl halides is 2. The fourth-order valence-corrected chi connectivity index (χ4v) is 2.97. The molecule has 3 unspecified atom stereocenters. The van der Waals surface area contributed by atoms with E-state index in [1.165, 1.54) is 35.7 Å². The number of H-pyrrole nitrogens is 1. The van der Waals surface area contributed by atoms with Crippen LogP contribution in [0.1, 0.15) is 32.1 Å². The molecule has 0 bridgehead atoms. The van der Waals surface area contributed by atoms with Gasteiger partial charge in [0.1, 0.15) is 35.8 Å². The first-order chi connectivity index (χ1) is 13.6. The molecule has 1 aromatic rings. The summed E-state index contributed by atoms with van der Waals surface area (Å²) in [6, 6.07) is 0. The Morgan fingerprint density at radius 3 is 2.59 bits per heavy atom. The molecule has 29 heavy (non-hydrogen) atoms. The highest BCUT2D eigenvalue weighted by atomic mass is 79.9. The predicted molar refractivity (Wildman–Crippen MR) is 109 cm³/mol. The SMILES string of the molecule is CC(Cl)C(=O)OC[C@@H]1O[C@H](n2cc(/C=C/Br)c(=O)[nH]c2=O)CC1OC(=O)C(C)Cl. The summed E-state index contributed by atoms with van der Waals surface area (Å²) in [5.74, 6) is -1.35. The first-order valence-electron chi connectivity index (χ1n) is 8.57. The van der Waals surface area contributed by atoms with Crippen LogP contribution < -0.4 is 11.2 Å². The summed E-state index contributed by atoms with van der Waals surface area (Å²) < 4.78 is 17.4. The van der Waals surface area contributed by atoms with Gasteiger partial charge in [-0.3, -0.25) is 23.9 Å². The van der Waals surface area contributed by atoms with Gasteiger partial charge in [-0.05, 0) is 24.9 Å². The smallest absolute Gasteiger partial charge is 0.330 e. The number of aromatic nitrogens is 2. The van der Waals surface area contributed by atoms with E-state index in [2.05, 4.69) is 20.9 Å². The topological polar surface area (TPSA) is 117 Å². The number of hydrogen-bond acceptors (Lipinski definition) is 7. The van der Waals surface area contributed by atoms with Crippen LogP contribution in [0.2, 0.25) is 0 Å². The summed E-state index contributed by atoms with van der Waals surface area (Å²) in [5.41, 5.74) is -1.06. The van der Waals surface area contributed by atoms with Gasteiger partial charge in [0, 0.05) is 12.6 Å². The maximum absolute atomic E-state index is 12.2. The van der Waals surface area contributed by atoms with Crippen LogP contribution in [0.4, 0.5) is 0 Å². The second-order valence-corrected chi connectivity index (χ2v) is 8.08. The van der Waals surface area contributed by atoms with Crippen LogP contribution in [0, 0.1) is 0 Å². The third-order valence-electron chi connectivity index (χ3n) is 4.04. The van der Waals surface area contributed by atoms with E-state index in [9.17, 15) is 19.2 Å². The van der Waals surface area contributed by atoms with Crippen LogP contribution >= 0.6 is 39.1 Å². The van der Waals surface area contributed by atoms with Crippen LogP contribution in [0.25, 0.3) is 6.08 Å². The molecule has 160 valence electrons. The Balaban J connectivity index is 2.27. The minimum atomic E-state index is -0.897. The van der Waals surface area contributed by atoms with E-state index in [1.807, 2.05) is 0 Å². The molecule has 1 aliphatic rings. The Kier molecular flexibility index (Phi) is 8.50. The average Bonchev–Trinajstić information content (AvgIpc) is 3.04. The van der Waals surface area contributed by atoms with E-state index in [1.54, 1.807) is 0 Å². The first-order valence-corrected chi connectivity index (χ1v) is 10.4. The molecule has 0 saturated carbocycles. The van der Waals surface area contributed by atoms with Crippen LogP contribution in [0.5, 0.6) is 0 Å². The van der Waals surface area contributed by atoms with Crippen molar-refractivity contribution in [3.8, 4) is 0 Å². The van der Waals surface area contributed by atoms with Gasteiger partial charge in [-0.25, -0.2) is 4.79 Å². The zero-order chi connectivity index (χ0) is 21.7. The Labute approximate surface area is 184 Å². The molecule has 0 radical (unpaired) electrons. The van der Waals surface area contributed by atoms with Crippen LogP contribution in [-0.2, 0) is 23.8 Å². The van der Waals surface area contributed by atoms with Gasteiger partial charge < -0.3 is 14.2 Å². The highest BCUT2D eigenvalue weighted by Crippen LogP contribution is 2.31. The summed E-state index contributed by atoms with van der Waals surface area (Å²) in [4.78, 5) is 51.3. The van der Waals surface area contributed by atoms with Gasteiger partial charge in [0.15, 0.2) is 0 Å². The van der Waals surface area contributed by atoms with Crippen molar-refractivity contribution in [2.75, 3.05) is 6.61 Å². The maximum atomic E-state index is 12.2. The standard InChI is InChI=1S/C17H19BrCl2N2O7/c1-8(19)15(24)27-7-12-11(29-16(25)9(2)20)5-13(28-12)22-6-10(3-4-18)14(23)21-17(22)26/h3-4,6,8-9,11-13H,5,7H2,1-2H3,(H,21,23,26)/b4-3+/t8?,9?,11?,12-,13-/m0/s1. The van der Waals surface area contributed by atoms with Gasteiger partial charge in [0.05, 0.1) is 5.56 Å². The van der Waals surface area contributed by atoms with Gasteiger partial charge in [-0.2, -0.15) is 0 Å². The van der Waals surface area contributed by atoms with Gasteiger partial charge >= 0.3 is 17.6 Å². The largest absolute Gasteiger partial charge is 0.462 e. The minimum Gasteiger partial charge on any atom is -0.462 e. The molecule has 2 rings (SSSR count). The number of rotatable bonds is 7. The Morgan fingerprint density at radius 2 is 2.00 bits per heavy atom. The van der Waals surface area contributed by atoms with Gasteiger partial charge in [-0.15, -0.1) is 23.2 Å². The van der Waals surface area contributed by atoms with Crippen molar-refractivity contribution in [1.29, 1.82) is 0 Å². The Morgan fingerprint density at radius 1 is 1.34 bits per heavy atom. The van der Waals surface area contributed by atoms with Gasteiger partial charge in [0.25, 0.3) is 5.56 Å². The molecule has 0 spiro atoms. The molecule has 1 saturated heterocycles. The Bertz CT molecular complexity index is 897. The quantitative estimate of drug-likeness (QED) is 0.437. The lowest BCUT2D eigenvalue weighted by Crippen LogP contribution is -2.34. The zero-order valence-corrected chi connectivity index (χ0v) is 18.6. The van der Waals surface area contributed by atoms with Crippen LogP contribution in [0.3, 0.4) is 0 Å². The number of carbonyl (C=O) groups excluding carboxylic acids is 2. The molecular weight excluding hydrogens is 495 g/mol. The average molecular weight is 514 g/mol. The monoisotopic (exact) mass is 512 g/mol. The molecule has 0 aliphatic carbocycles. The number of ether oxygens (including phenoxy) is 3. The molecular formula is C17H19BrCl2N2O7. The number of nitrogens with zero attached hydrogens (tertiary/aromatic N) is 1. The van der Waals surface area contributed by atoms with Crippen molar-refractivity contribution in [2.45, 2.75) is 49.5 Å². The lowest BCUT2D eigenvalue weighted by molar-refractivity contribution is -0.157. The van der Waals surface area contributed by atoms with Crippen molar-refractivity contribution >= 4 is 57.1 Å². The van der Waals surface area contributed by atoms with Crippen molar-refractivity contribution in [1.82, 2.24) is 9.55 Å². The highest BCUT2D eigenvalue weighted by Gasteiger charge is 2.40. The molecule has 0 amide bonds. The number of esters is 2. The van der Waals surface area contributed by atoms with E-state index in [0.29, 0.717) is 0 Å². The first kappa shape index (κ1) is 23.7. The van der Waals surface area contributed by atoms with E-state index in [0.717, 1.165) is 0 Å². The number of halogens is 3. The van der Waals surface area contributed by atoms with Gasteiger partial charge in [-0.1, -0.05) is 15.9 Å². The van der Waals surface area contributed by atoms with Gasteiger partial charge in [0.2, 0.25) is 0 Å². The fraction of sp³-hybridized carbons (Fsp3) is 0.529. The maximum Gasteiger partial charge on any atom is 0.330 e.